The van der Waals surface area contributed by atoms with Gasteiger partial charge in [-0.05, 0) is 251 Å². The molecule has 15 aromatic carbocycles. The minimum Gasteiger partial charge on any atom is -0.311 e. The van der Waals surface area contributed by atoms with E-state index in [1.165, 1.54) is 103 Å². The number of aromatic nitrogens is 3. The Kier molecular flexibility index (Phi) is 17.9. The molecule has 2 saturated carbocycles. The van der Waals surface area contributed by atoms with Gasteiger partial charge in [-0.3, -0.25) is 0 Å². The van der Waals surface area contributed by atoms with E-state index in [2.05, 4.69) is 374 Å². The van der Waals surface area contributed by atoms with Crippen molar-refractivity contribution in [2.45, 2.75) is 76.0 Å². The van der Waals surface area contributed by atoms with Gasteiger partial charge in [-0.1, -0.05) is 305 Å². The molecule has 111 heavy (non-hydrogen) atoms. The number of rotatable bonds is 15. The van der Waals surface area contributed by atoms with E-state index in [4.69, 9.17) is 15.0 Å². The molecule has 4 aliphatic rings. The maximum atomic E-state index is 5.98. The summed E-state index contributed by atoms with van der Waals surface area (Å²) in [6, 6.07) is 135. The first-order chi connectivity index (χ1) is 55.0. The summed E-state index contributed by atoms with van der Waals surface area (Å²) in [6.45, 7) is -0.169. The molecule has 5 nitrogen and oxygen atoms in total. The fraction of sp³-hybridized carbons (Fsp3) is 0.114. The van der Waals surface area contributed by atoms with Crippen molar-refractivity contribution < 1.29 is 0 Å². The van der Waals surface area contributed by atoms with Crippen LogP contribution in [0.3, 0.4) is 0 Å². The summed E-state index contributed by atoms with van der Waals surface area (Å²) in [5, 5.41) is 0. The van der Waals surface area contributed by atoms with Crippen LogP contribution in [0.15, 0.2) is 364 Å². The summed E-state index contributed by atoms with van der Waals surface area (Å²) in [6.07, 6.45) is 12.2. The number of hydrogen-bond donors (Lipinski definition) is 0. The molecule has 0 amide bonds. The number of anilines is 6. The number of fused-ring (bicyclic) bond motifs is 4. The van der Waals surface area contributed by atoms with Gasteiger partial charge in [-0.15, -0.1) is 0 Å². The van der Waals surface area contributed by atoms with Crippen LogP contribution in [-0.2, 0) is 0 Å². The minimum atomic E-state index is -0.169. The zero-order valence-corrected chi connectivity index (χ0v) is 62.2. The van der Waals surface area contributed by atoms with Crippen molar-refractivity contribution in [3.63, 3.8) is 0 Å². The highest BCUT2D eigenvalue weighted by atomic mass is 15.2. The highest BCUT2D eigenvalue weighted by Gasteiger charge is 2.45. The zero-order chi connectivity index (χ0) is 73.6. The zero-order valence-electron chi connectivity index (χ0n) is 62.2. The number of nitrogens with zero attached hydrogens (tertiary/aromatic N) is 5. The largest absolute Gasteiger partial charge is 0.311 e. The normalized spacial score (nSPS) is 14.0. The van der Waals surface area contributed by atoms with Gasteiger partial charge in [0.15, 0.2) is 17.5 Å². The lowest BCUT2D eigenvalue weighted by Gasteiger charge is -2.45. The molecule has 2 aliphatic heterocycles. The molecule has 20 rings (SSSR count). The molecule has 16 aromatic rings. The smallest absolute Gasteiger partial charge is 0.252 e. The van der Waals surface area contributed by atoms with Crippen molar-refractivity contribution in [1.29, 1.82) is 0 Å². The Bertz CT molecular complexity index is 5490. The fourth-order valence-corrected chi connectivity index (χ4v) is 18.2. The van der Waals surface area contributed by atoms with Crippen LogP contribution in [0.5, 0.6) is 0 Å². The van der Waals surface area contributed by atoms with Gasteiger partial charge >= 0.3 is 0 Å². The SMILES string of the molecule is c1ccc(-c2cc(-c3ccccc3)cc(-c3nc(-c4cc(-c5ccccc5)cc(-c5ccccc5)c4)nc(-c4cc5c6c(c4)N(c4cc(-c7ccccc7)cc(-c7ccccc7)c4)c4cc(C7CCCCC7)ccc4B6c4ccc(C6CCCCC6)cc4N5c4cc(-c5ccccc5)cc(-c5ccccc5)c4)n3)c2)cc1. The van der Waals surface area contributed by atoms with E-state index < -0.39 is 0 Å². The Morgan fingerprint density at radius 2 is 0.441 bits per heavy atom. The van der Waals surface area contributed by atoms with Gasteiger partial charge in [-0.2, -0.15) is 0 Å². The van der Waals surface area contributed by atoms with Crippen LogP contribution < -0.4 is 26.2 Å². The van der Waals surface area contributed by atoms with Gasteiger partial charge in [0.2, 0.25) is 0 Å². The molecular formula is C105H82BN5. The molecule has 6 heteroatoms. The minimum absolute atomic E-state index is 0.169. The second-order valence-corrected chi connectivity index (χ2v) is 30.7. The lowest BCUT2D eigenvalue weighted by atomic mass is 9.33. The molecule has 0 bridgehead atoms. The van der Waals surface area contributed by atoms with Crippen molar-refractivity contribution in [2.24, 2.45) is 0 Å². The Morgan fingerprint density at radius 3 is 0.703 bits per heavy atom. The molecule has 530 valence electrons. The molecule has 0 saturated heterocycles. The molecule has 1 aromatic heterocycles. The standard InChI is InChI=1S/C105H82BN5/c1-11-31-71(32-12-1)81-51-53-96-98(67-81)110(94-63-87(77-43-23-7-24-44-77)57-88(64-94)78-45-25-8-26-46-78)100-69-93(70-101-102(100)106(96)97-54-52-82(72-33-13-2-14-34-72)68-99(97)111(101)95-65-89(79-47-27-9-28-48-79)58-90(66-95)80-49-29-10-30-50-80)105-108-103(91-59-83(73-35-15-3-16-36-73)55-84(60-91)74-37-17-4-18-38-74)107-104(109-105)92-61-85(75-39-19-5-20-40-75)56-86(62-92)76-41-21-6-22-42-76/h3-10,15-30,35-72H,1-2,11-14,31-34H2. The Labute approximate surface area is 652 Å². The first kappa shape index (κ1) is 67.3. The lowest BCUT2D eigenvalue weighted by Crippen LogP contribution is -2.61. The van der Waals surface area contributed by atoms with Crippen LogP contribution in [0.4, 0.5) is 34.1 Å². The first-order valence-corrected chi connectivity index (χ1v) is 39.9. The van der Waals surface area contributed by atoms with Gasteiger partial charge in [0.05, 0.1) is 0 Å². The number of benzene rings is 15. The Balaban J connectivity index is 0.923. The van der Waals surface area contributed by atoms with E-state index in [9.17, 15) is 0 Å². The van der Waals surface area contributed by atoms with Crippen LogP contribution in [-0.4, -0.2) is 21.7 Å². The van der Waals surface area contributed by atoms with E-state index in [1.807, 2.05) is 0 Å². The van der Waals surface area contributed by atoms with E-state index >= 15 is 0 Å². The third kappa shape index (κ3) is 13.2. The molecule has 2 fully saturated rings. The average molecular weight is 1420 g/mol. The predicted molar refractivity (Wildman–Crippen MR) is 465 cm³/mol. The second-order valence-electron chi connectivity index (χ2n) is 30.7. The first-order valence-electron chi connectivity index (χ1n) is 39.9. The average Bonchev–Trinajstić information content (AvgIpc) is 0.692. The predicted octanol–water partition coefficient (Wildman–Crippen LogP) is 26.4. The molecule has 0 unspecified atom stereocenters. The van der Waals surface area contributed by atoms with Gasteiger partial charge in [-0.25, -0.2) is 15.0 Å². The molecule has 2 aliphatic carbocycles. The van der Waals surface area contributed by atoms with Crippen LogP contribution in [0.1, 0.15) is 87.2 Å². The van der Waals surface area contributed by atoms with Crippen LogP contribution in [0, 0.1) is 0 Å². The summed E-state index contributed by atoms with van der Waals surface area (Å²) >= 11 is 0. The maximum Gasteiger partial charge on any atom is 0.252 e. The fourth-order valence-electron chi connectivity index (χ4n) is 18.2. The lowest BCUT2D eigenvalue weighted by molar-refractivity contribution is 0.444. The summed E-state index contributed by atoms with van der Waals surface area (Å²) in [4.78, 5) is 23.1. The third-order valence-corrected chi connectivity index (χ3v) is 23.8. The molecule has 3 heterocycles. The van der Waals surface area contributed by atoms with Crippen molar-refractivity contribution in [2.75, 3.05) is 9.80 Å². The van der Waals surface area contributed by atoms with Gasteiger partial charge in [0.1, 0.15) is 0 Å². The van der Waals surface area contributed by atoms with Crippen LogP contribution in [0.25, 0.3) is 123 Å². The molecular weight excluding hydrogens is 1340 g/mol. The highest BCUT2D eigenvalue weighted by molar-refractivity contribution is 7.00. The van der Waals surface area contributed by atoms with E-state index in [0.29, 0.717) is 29.3 Å². The third-order valence-electron chi connectivity index (χ3n) is 23.8. The van der Waals surface area contributed by atoms with Gasteiger partial charge in [0.25, 0.3) is 6.71 Å². The van der Waals surface area contributed by atoms with E-state index in [1.54, 1.807) is 0 Å². The summed E-state index contributed by atoms with van der Waals surface area (Å²) in [7, 11) is 0. The maximum absolute atomic E-state index is 5.98. The second kappa shape index (κ2) is 29.5. The van der Waals surface area contributed by atoms with E-state index in [-0.39, 0.29) is 6.71 Å². The molecule has 0 radical (unpaired) electrons. The van der Waals surface area contributed by atoms with Gasteiger partial charge < -0.3 is 9.80 Å². The molecule has 0 N–H and O–H groups in total. The summed E-state index contributed by atoms with van der Waals surface area (Å²) < 4.78 is 0. The van der Waals surface area contributed by atoms with Crippen LogP contribution in [0.2, 0.25) is 0 Å². The monoisotopic (exact) mass is 1420 g/mol. The topological polar surface area (TPSA) is 45.2 Å². The quantitative estimate of drug-likeness (QED) is 0.0957. The van der Waals surface area contributed by atoms with Gasteiger partial charge in [0, 0.05) is 50.8 Å². The van der Waals surface area contributed by atoms with Crippen molar-refractivity contribution in [3.8, 4) is 123 Å². The summed E-state index contributed by atoms with van der Waals surface area (Å²) in [5.41, 5.74) is 33.9. The Hall–Kier alpha value is -13.0. The van der Waals surface area contributed by atoms with Crippen molar-refractivity contribution in [1.82, 2.24) is 15.0 Å². The molecule has 0 spiro atoms. The van der Waals surface area contributed by atoms with E-state index in [0.717, 1.165) is 128 Å². The van der Waals surface area contributed by atoms with Crippen LogP contribution >= 0.6 is 0 Å². The number of hydrogen-bond acceptors (Lipinski definition) is 5. The Morgan fingerprint density at radius 1 is 0.207 bits per heavy atom. The summed E-state index contributed by atoms with van der Waals surface area (Å²) in [5.74, 6) is 2.61. The molecule has 0 atom stereocenters. The van der Waals surface area contributed by atoms with Crippen molar-refractivity contribution in [3.05, 3.63) is 375 Å². The highest BCUT2D eigenvalue weighted by Crippen LogP contribution is 2.51. The van der Waals surface area contributed by atoms with Crippen molar-refractivity contribution >= 4 is 57.2 Å².